The Morgan fingerprint density at radius 3 is 2.62 bits per heavy atom. The summed E-state index contributed by atoms with van der Waals surface area (Å²) < 4.78 is 0. The number of hydrogen-bond acceptors (Lipinski definition) is 2. The first-order chi connectivity index (χ1) is 7.70. The Balaban J connectivity index is 3.78. The molecule has 0 heterocycles. The maximum Gasteiger partial charge on any atom is 0.111 e. The van der Waals surface area contributed by atoms with Gasteiger partial charge in [0.15, 0.2) is 0 Å². The van der Waals surface area contributed by atoms with Crippen LogP contribution in [0.15, 0.2) is 36.1 Å². The van der Waals surface area contributed by atoms with E-state index in [0.717, 1.165) is 19.3 Å². The first kappa shape index (κ1) is 15.0. The van der Waals surface area contributed by atoms with Gasteiger partial charge in [0, 0.05) is 0 Å². The van der Waals surface area contributed by atoms with E-state index in [-0.39, 0.29) is 11.9 Å². The first-order valence-electron chi connectivity index (χ1n) is 6.07. The van der Waals surface area contributed by atoms with Crippen LogP contribution in [0.5, 0.6) is 0 Å². The third-order valence-electron chi connectivity index (χ3n) is 2.31. The lowest BCUT2D eigenvalue weighted by molar-refractivity contribution is 0.163. The van der Waals surface area contributed by atoms with Crippen LogP contribution in [0.25, 0.3) is 0 Å². The minimum Gasteiger partial charge on any atom is -0.508 e. The maximum atomic E-state index is 9.60. The van der Waals surface area contributed by atoms with Crippen LogP contribution in [0.4, 0.5) is 0 Å². The largest absolute Gasteiger partial charge is 0.508 e. The highest BCUT2D eigenvalue weighted by Gasteiger charge is 2.01. The van der Waals surface area contributed by atoms with Crippen LogP contribution >= 0.6 is 0 Å². The molecule has 0 saturated carbocycles. The molecule has 0 aliphatic heterocycles. The van der Waals surface area contributed by atoms with E-state index in [9.17, 15) is 10.2 Å². The molecule has 16 heavy (non-hydrogen) atoms. The van der Waals surface area contributed by atoms with Gasteiger partial charge in [0.25, 0.3) is 0 Å². The lowest BCUT2D eigenvalue weighted by Gasteiger charge is -2.06. The second-order valence-corrected chi connectivity index (χ2v) is 3.90. The highest BCUT2D eigenvalue weighted by atomic mass is 16.3. The standard InChI is InChI=1S/C14H24O2/c1-3-5-7-9-13(15)11-12-14(16)10-8-6-4-2/h3,5,7,9,11,14-16H,4,6,8,10,12H2,1-2H3/b5-3+,9-7+,13-11-. The van der Waals surface area contributed by atoms with Crippen molar-refractivity contribution < 1.29 is 10.2 Å². The third-order valence-corrected chi connectivity index (χ3v) is 2.31. The van der Waals surface area contributed by atoms with Gasteiger partial charge in [-0.3, -0.25) is 0 Å². The van der Waals surface area contributed by atoms with Gasteiger partial charge in [-0.1, -0.05) is 44.4 Å². The van der Waals surface area contributed by atoms with Crippen molar-refractivity contribution in [3.63, 3.8) is 0 Å². The average Bonchev–Trinajstić information content (AvgIpc) is 2.27. The molecule has 2 nitrogen and oxygen atoms in total. The minimum absolute atomic E-state index is 0.215. The van der Waals surface area contributed by atoms with Gasteiger partial charge < -0.3 is 10.2 Å². The highest BCUT2D eigenvalue weighted by Crippen LogP contribution is 2.08. The predicted octanol–water partition coefficient (Wildman–Crippen LogP) is 3.89. The molecule has 0 rings (SSSR count). The van der Waals surface area contributed by atoms with Gasteiger partial charge in [0.05, 0.1) is 6.10 Å². The van der Waals surface area contributed by atoms with E-state index in [1.165, 1.54) is 6.42 Å². The van der Waals surface area contributed by atoms with E-state index in [1.807, 2.05) is 19.1 Å². The lowest BCUT2D eigenvalue weighted by atomic mass is 10.1. The molecule has 0 aromatic heterocycles. The summed E-state index contributed by atoms with van der Waals surface area (Å²) in [5.74, 6) is 0.215. The van der Waals surface area contributed by atoms with Crippen molar-refractivity contribution in [1.29, 1.82) is 0 Å². The van der Waals surface area contributed by atoms with Crippen molar-refractivity contribution in [2.45, 2.75) is 52.1 Å². The van der Waals surface area contributed by atoms with Crippen LogP contribution in [-0.2, 0) is 0 Å². The number of aliphatic hydroxyl groups is 2. The van der Waals surface area contributed by atoms with Crippen LogP contribution in [0.3, 0.4) is 0 Å². The smallest absolute Gasteiger partial charge is 0.111 e. The molecule has 0 spiro atoms. The average molecular weight is 224 g/mol. The van der Waals surface area contributed by atoms with Crippen molar-refractivity contribution in [3.05, 3.63) is 36.1 Å². The first-order valence-corrected chi connectivity index (χ1v) is 6.07. The van der Waals surface area contributed by atoms with Gasteiger partial charge >= 0.3 is 0 Å². The van der Waals surface area contributed by atoms with Crippen molar-refractivity contribution >= 4 is 0 Å². The summed E-state index contributed by atoms with van der Waals surface area (Å²) >= 11 is 0. The molecule has 0 aliphatic rings. The normalized spacial score (nSPS) is 15.1. The van der Waals surface area contributed by atoms with E-state index in [2.05, 4.69) is 6.92 Å². The van der Waals surface area contributed by atoms with Crippen LogP contribution in [0.2, 0.25) is 0 Å². The van der Waals surface area contributed by atoms with Crippen LogP contribution < -0.4 is 0 Å². The molecule has 0 amide bonds. The van der Waals surface area contributed by atoms with Crippen LogP contribution in [0.1, 0.15) is 46.0 Å². The Hall–Kier alpha value is -1.02. The van der Waals surface area contributed by atoms with E-state index in [4.69, 9.17) is 0 Å². The molecule has 0 fully saturated rings. The monoisotopic (exact) mass is 224 g/mol. The highest BCUT2D eigenvalue weighted by molar-refractivity contribution is 5.15. The SMILES string of the molecule is C/C=C/C=C/C(O)=C/CC(O)CCCCC. The summed E-state index contributed by atoms with van der Waals surface area (Å²) in [6.45, 7) is 4.06. The fraction of sp³-hybridized carbons (Fsp3) is 0.571. The summed E-state index contributed by atoms with van der Waals surface area (Å²) in [5, 5.41) is 19.0. The molecule has 0 aromatic rings. The molecule has 2 N–H and O–H groups in total. The molecule has 0 bridgehead atoms. The van der Waals surface area contributed by atoms with E-state index in [0.29, 0.717) is 6.42 Å². The summed E-state index contributed by atoms with van der Waals surface area (Å²) in [7, 11) is 0. The second-order valence-electron chi connectivity index (χ2n) is 3.90. The number of unbranched alkanes of at least 4 members (excludes halogenated alkanes) is 2. The molecule has 1 unspecified atom stereocenters. The van der Waals surface area contributed by atoms with Gasteiger partial charge in [0.2, 0.25) is 0 Å². The number of rotatable bonds is 8. The third kappa shape index (κ3) is 9.53. The quantitative estimate of drug-likeness (QED) is 0.373. The molecular formula is C14H24O2. The van der Waals surface area contributed by atoms with Crippen molar-refractivity contribution in [2.75, 3.05) is 0 Å². The zero-order valence-electron chi connectivity index (χ0n) is 10.4. The van der Waals surface area contributed by atoms with Crippen LogP contribution in [-0.4, -0.2) is 16.3 Å². The molecule has 0 aromatic carbocycles. The topological polar surface area (TPSA) is 40.5 Å². The van der Waals surface area contributed by atoms with Gasteiger partial charge in [-0.05, 0) is 31.9 Å². The fourth-order valence-corrected chi connectivity index (χ4v) is 1.34. The molecular weight excluding hydrogens is 200 g/mol. The molecule has 0 saturated heterocycles. The van der Waals surface area contributed by atoms with Gasteiger partial charge in [-0.2, -0.15) is 0 Å². The summed E-state index contributed by atoms with van der Waals surface area (Å²) in [6, 6.07) is 0. The van der Waals surface area contributed by atoms with E-state index in [1.54, 1.807) is 18.2 Å². The van der Waals surface area contributed by atoms with Gasteiger partial charge in [0.1, 0.15) is 5.76 Å². The van der Waals surface area contributed by atoms with Gasteiger partial charge in [-0.15, -0.1) is 0 Å². The zero-order chi connectivity index (χ0) is 12.2. The lowest BCUT2D eigenvalue weighted by Crippen LogP contribution is -2.04. The summed E-state index contributed by atoms with van der Waals surface area (Å²) in [6.07, 6.45) is 13.2. The summed E-state index contributed by atoms with van der Waals surface area (Å²) in [4.78, 5) is 0. The molecule has 2 heteroatoms. The van der Waals surface area contributed by atoms with Crippen molar-refractivity contribution in [3.8, 4) is 0 Å². The molecule has 0 radical (unpaired) electrons. The molecule has 92 valence electrons. The summed E-state index contributed by atoms with van der Waals surface area (Å²) in [5.41, 5.74) is 0. The second kappa shape index (κ2) is 10.5. The molecule has 1 atom stereocenters. The van der Waals surface area contributed by atoms with E-state index < -0.39 is 0 Å². The van der Waals surface area contributed by atoms with Crippen molar-refractivity contribution in [1.82, 2.24) is 0 Å². The zero-order valence-corrected chi connectivity index (χ0v) is 10.4. The number of allylic oxidation sites excluding steroid dienone is 4. The van der Waals surface area contributed by atoms with Gasteiger partial charge in [-0.25, -0.2) is 0 Å². The van der Waals surface area contributed by atoms with Crippen LogP contribution in [0, 0.1) is 0 Å². The minimum atomic E-state index is -0.330. The Bertz CT molecular complexity index is 239. The Labute approximate surface area is 99.0 Å². The fourth-order valence-electron chi connectivity index (χ4n) is 1.34. The maximum absolute atomic E-state index is 9.60. The Kier molecular flexibility index (Phi) is 9.83. The van der Waals surface area contributed by atoms with Crippen molar-refractivity contribution in [2.24, 2.45) is 0 Å². The van der Waals surface area contributed by atoms with E-state index >= 15 is 0 Å². The predicted molar refractivity (Wildman–Crippen MR) is 69.4 cm³/mol. The Morgan fingerprint density at radius 2 is 2.00 bits per heavy atom. The number of aliphatic hydroxyl groups excluding tert-OH is 2. The number of hydrogen-bond donors (Lipinski definition) is 2. The molecule has 0 aliphatic carbocycles. The Morgan fingerprint density at radius 1 is 1.25 bits per heavy atom.